The summed E-state index contributed by atoms with van der Waals surface area (Å²) in [5.74, 6) is 0. The van der Waals surface area contributed by atoms with Crippen LogP contribution < -0.4 is 5.32 Å². The average Bonchev–Trinajstić information content (AvgIpc) is 2.96. The minimum atomic E-state index is 0.423. The van der Waals surface area contributed by atoms with Gasteiger partial charge in [-0.2, -0.15) is 0 Å². The van der Waals surface area contributed by atoms with Gasteiger partial charge in [0.05, 0.1) is 0 Å². The molecule has 2 aromatic rings. The summed E-state index contributed by atoms with van der Waals surface area (Å²) in [4.78, 5) is 1.46. The minimum Gasteiger partial charge on any atom is -0.314 e. The maximum absolute atomic E-state index is 6.28. The fourth-order valence-corrected chi connectivity index (χ4v) is 3.82. The molecule has 2 rings (SSSR count). The molecule has 0 saturated heterocycles. The van der Waals surface area contributed by atoms with E-state index in [1.807, 2.05) is 29.5 Å². The van der Waals surface area contributed by atoms with E-state index in [0.717, 1.165) is 41.4 Å². The largest absolute Gasteiger partial charge is 0.314 e. The lowest BCUT2D eigenvalue weighted by atomic mass is 10.0. The van der Waals surface area contributed by atoms with Crippen LogP contribution in [0.1, 0.15) is 30.2 Å². The second kappa shape index (κ2) is 8.79. The Morgan fingerprint density at radius 2 is 1.90 bits per heavy atom. The topological polar surface area (TPSA) is 12.0 Å². The Morgan fingerprint density at radius 3 is 2.52 bits per heavy atom. The summed E-state index contributed by atoms with van der Waals surface area (Å²) >= 11 is 14.4. The first-order valence-electron chi connectivity index (χ1n) is 7.39. The predicted octanol–water partition coefficient (Wildman–Crippen LogP) is 5.60. The van der Waals surface area contributed by atoms with Crippen molar-refractivity contribution in [3.05, 3.63) is 56.2 Å². The van der Waals surface area contributed by atoms with Crippen LogP contribution in [-0.2, 0) is 12.8 Å². The summed E-state index contributed by atoms with van der Waals surface area (Å²) < 4.78 is 0. The van der Waals surface area contributed by atoms with Gasteiger partial charge in [0.2, 0.25) is 0 Å². The monoisotopic (exact) mass is 341 g/mol. The molecular weight excluding hydrogens is 321 g/mol. The lowest BCUT2D eigenvalue weighted by Crippen LogP contribution is -2.31. The van der Waals surface area contributed by atoms with Crippen LogP contribution in [0.3, 0.4) is 0 Å². The maximum Gasteiger partial charge on any atom is 0.0453 e. The molecule has 1 aromatic heterocycles. The van der Waals surface area contributed by atoms with Crippen molar-refractivity contribution in [2.24, 2.45) is 0 Å². The van der Waals surface area contributed by atoms with Crippen molar-refractivity contribution >= 4 is 34.5 Å². The molecule has 0 bridgehead atoms. The zero-order valence-corrected chi connectivity index (χ0v) is 14.6. The molecule has 1 atom stereocenters. The highest BCUT2D eigenvalue weighted by molar-refractivity contribution is 7.09. The van der Waals surface area contributed by atoms with Gasteiger partial charge in [-0.15, -0.1) is 11.3 Å². The second-order valence-electron chi connectivity index (χ2n) is 5.13. The number of thiophene rings is 1. The van der Waals surface area contributed by atoms with Gasteiger partial charge >= 0.3 is 0 Å². The molecule has 0 saturated carbocycles. The standard InChI is InChI=1S/C17H21Cl2NS/c1-2-20-13(6-3-7-14-8-5-11-21-14)12-15-16(18)9-4-10-17(15)19/h4-5,8-11,13,20H,2-3,6-7,12H2,1H3. The third kappa shape index (κ3) is 5.30. The van der Waals surface area contributed by atoms with Crippen molar-refractivity contribution in [2.45, 2.75) is 38.6 Å². The summed E-state index contributed by atoms with van der Waals surface area (Å²) in [6, 6.07) is 10.5. The Morgan fingerprint density at radius 1 is 1.14 bits per heavy atom. The van der Waals surface area contributed by atoms with Crippen molar-refractivity contribution in [1.82, 2.24) is 5.32 Å². The number of likely N-dealkylation sites (N-methyl/N-ethyl adjacent to an activating group) is 1. The molecule has 1 heterocycles. The quantitative estimate of drug-likeness (QED) is 0.658. The van der Waals surface area contributed by atoms with E-state index in [1.54, 1.807) is 0 Å². The SMILES string of the molecule is CCNC(CCCc1cccs1)Cc1c(Cl)cccc1Cl. The molecule has 1 aromatic carbocycles. The Labute approximate surface area is 141 Å². The van der Waals surface area contributed by atoms with E-state index in [-0.39, 0.29) is 0 Å². The number of benzene rings is 1. The maximum atomic E-state index is 6.28. The average molecular weight is 342 g/mol. The van der Waals surface area contributed by atoms with E-state index < -0.39 is 0 Å². The molecule has 114 valence electrons. The predicted molar refractivity (Wildman–Crippen MR) is 94.9 cm³/mol. The Bertz CT molecular complexity index is 519. The third-order valence-corrected chi connectivity index (χ3v) is 5.21. The molecule has 0 aliphatic carbocycles. The molecule has 21 heavy (non-hydrogen) atoms. The van der Waals surface area contributed by atoms with Crippen LogP contribution in [0.4, 0.5) is 0 Å². The first kappa shape index (κ1) is 16.8. The van der Waals surface area contributed by atoms with Crippen LogP contribution in [-0.4, -0.2) is 12.6 Å². The Kier molecular flexibility index (Phi) is 7.05. The van der Waals surface area contributed by atoms with Gasteiger partial charge in [-0.05, 0) is 61.4 Å². The normalized spacial score (nSPS) is 12.5. The minimum absolute atomic E-state index is 0.423. The van der Waals surface area contributed by atoms with Gasteiger partial charge in [-0.3, -0.25) is 0 Å². The molecule has 1 unspecified atom stereocenters. The van der Waals surface area contributed by atoms with Crippen LogP contribution in [0, 0.1) is 0 Å². The van der Waals surface area contributed by atoms with Gasteiger partial charge in [-0.25, -0.2) is 0 Å². The fraction of sp³-hybridized carbons (Fsp3) is 0.412. The van der Waals surface area contributed by atoms with Crippen LogP contribution in [0.5, 0.6) is 0 Å². The lowest BCUT2D eigenvalue weighted by Gasteiger charge is -2.19. The van der Waals surface area contributed by atoms with Gasteiger partial charge in [0.25, 0.3) is 0 Å². The highest BCUT2D eigenvalue weighted by atomic mass is 35.5. The number of nitrogens with one attached hydrogen (secondary N) is 1. The molecule has 4 heteroatoms. The first-order valence-corrected chi connectivity index (χ1v) is 9.03. The third-order valence-electron chi connectivity index (χ3n) is 3.56. The molecule has 0 fully saturated rings. The van der Waals surface area contributed by atoms with Crippen LogP contribution in [0.2, 0.25) is 10.0 Å². The molecule has 1 nitrogen and oxygen atoms in total. The van der Waals surface area contributed by atoms with Gasteiger partial charge < -0.3 is 5.32 Å². The van der Waals surface area contributed by atoms with Gasteiger partial charge in [0, 0.05) is 21.0 Å². The van der Waals surface area contributed by atoms with Crippen molar-refractivity contribution in [3.8, 4) is 0 Å². The summed E-state index contributed by atoms with van der Waals surface area (Å²) in [5, 5.41) is 7.23. The van der Waals surface area contributed by atoms with Gasteiger partial charge in [0.15, 0.2) is 0 Å². The zero-order chi connectivity index (χ0) is 15.1. The van der Waals surface area contributed by atoms with E-state index in [9.17, 15) is 0 Å². The van der Waals surface area contributed by atoms with Gasteiger partial charge in [-0.1, -0.05) is 42.3 Å². The molecule has 0 radical (unpaired) electrons. The summed E-state index contributed by atoms with van der Waals surface area (Å²) in [6.45, 7) is 3.10. The van der Waals surface area contributed by atoms with Crippen LogP contribution >= 0.6 is 34.5 Å². The second-order valence-corrected chi connectivity index (χ2v) is 6.98. The summed E-state index contributed by atoms with van der Waals surface area (Å²) in [5.41, 5.74) is 1.06. The number of halogens is 2. The molecule has 0 aliphatic rings. The number of aryl methyl sites for hydroxylation is 1. The zero-order valence-electron chi connectivity index (χ0n) is 12.2. The van der Waals surface area contributed by atoms with E-state index in [2.05, 4.69) is 29.8 Å². The van der Waals surface area contributed by atoms with Crippen LogP contribution in [0.15, 0.2) is 35.7 Å². The number of hydrogen-bond acceptors (Lipinski definition) is 2. The first-order chi connectivity index (χ1) is 10.2. The highest BCUT2D eigenvalue weighted by Gasteiger charge is 2.13. The molecule has 1 N–H and O–H groups in total. The van der Waals surface area contributed by atoms with E-state index in [0.29, 0.717) is 6.04 Å². The van der Waals surface area contributed by atoms with Crippen molar-refractivity contribution in [2.75, 3.05) is 6.54 Å². The van der Waals surface area contributed by atoms with Crippen molar-refractivity contribution in [1.29, 1.82) is 0 Å². The Balaban J connectivity index is 1.92. The van der Waals surface area contributed by atoms with Crippen LogP contribution in [0.25, 0.3) is 0 Å². The molecular formula is C17H21Cl2NS. The van der Waals surface area contributed by atoms with Crippen molar-refractivity contribution < 1.29 is 0 Å². The van der Waals surface area contributed by atoms with Gasteiger partial charge in [0.1, 0.15) is 0 Å². The Hall–Kier alpha value is -0.540. The summed E-state index contributed by atoms with van der Waals surface area (Å²) in [7, 11) is 0. The number of rotatable bonds is 8. The van der Waals surface area contributed by atoms with E-state index in [4.69, 9.17) is 23.2 Å². The molecule has 0 aliphatic heterocycles. The molecule has 0 amide bonds. The lowest BCUT2D eigenvalue weighted by molar-refractivity contribution is 0.477. The van der Waals surface area contributed by atoms with E-state index in [1.165, 1.54) is 11.3 Å². The smallest absolute Gasteiger partial charge is 0.0453 e. The highest BCUT2D eigenvalue weighted by Crippen LogP contribution is 2.26. The fourth-order valence-electron chi connectivity index (χ4n) is 2.52. The number of hydrogen-bond donors (Lipinski definition) is 1. The molecule has 0 spiro atoms. The summed E-state index contributed by atoms with van der Waals surface area (Å²) in [6.07, 6.45) is 4.35. The van der Waals surface area contributed by atoms with E-state index >= 15 is 0 Å². The van der Waals surface area contributed by atoms with Crippen molar-refractivity contribution in [3.63, 3.8) is 0 Å².